The van der Waals surface area contributed by atoms with Crippen LogP contribution >= 0.6 is 0 Å². The zero-order valence-electron chi connectivity index (χ0n) is 29.6. The van der Waals surface area contributed by atoms with Crippen LogP contribution in [-0.2, 0) is 35.5 Å². The zero-order chi connectivity index (χ0) is 36.6. The summed E-state index contributed by atoms with van der Waals surface area (Å²) in [6.45, 7) is 3.99. The van der Waals surface area contributed by atoms with Gasteiger partial charge in [0.1, 0.15) is 18.4 Å². The molecular formula is C39H48N6O6. The van der Waals surface area contributed by atoms with Gasteiger partial charge in [-0.05, 0) is 54.0 Å². The Morgan fingerprint density at radius 1 is 0.804 bits per heavy atom. The second kappa shape index (κ2) is 19.6. The zero-order valence-corrected chi connectivity index (χ0v) is 29.6. The van der Waals surface area contributed by atoms with Crippen molar-refractivity contribution in [1.82, 2.24) is 30.8 Å². The first-order valence-corrected chi connectivity index (χ1v) is 17.0. The first kappa shape index (κ1) is 38.3. The number of aliphatic hydroxyl groups excluding tert-OH is 1. The molecule has 0 unspecified atom stereocenters. The fourth-order valence-corrected chi connectivity index (χ4v) is 5.60. The predicted octanol–water partition coefficient (Wildman–Crippen LogP) is 4.67. The van der Waals surface area contributed by atoms with Crippen LogP contribution in [0.3, 0.4) is 0 Å². The van der Waals surface area contributed by atoms with E-state index >= 15 is 0 Å². The second-order valence-corrected chi connectivity index (χ2v) is 12.8. The van der Waals surface area contributed by atoms with Crippen LogP contribution in [0.2, 0.25) is 0 Å². The van der Waals surface area contributed by atoms with Crippen LogP contribution in [0.5, 0.6) is 5.75 Å². The topological polar surface area (TPSA) is 155 Å². The highest BCUT2D eigenvalue weighted by Crippen LogP contribution is 2.16. The number of rotatable bonds is 17. The molecule has 0 fully saturated rings. The second-order valence-electron chi connectivity index (χ2n) is 12.8. The Bertz CT molecular complexity index is 1660. The van der Waals surface area contributed by atoms with E-state index < -0.39 is 36.4 Å². The minimum Gasteiger partial charge on any atom is -0.495 e. The molecule has 2 aromatic heterocycles. The molecule has 4 atom stereocenters. The molecule has 12 heteroatoms. The van der Waals surface area contributed by atoms with Crippen molar-refractivity contribution in [3.05, 3.63) is 126 Å². The molecule has 270 valence electrons. The molecule has 4 amide bonds. The van der Waals surface area contributed by atoms with Gasteiger partial charge in [0.05, 0.1) is 25.5 Å². The number of carbonyl (C=O) groups excluding carboxylic acids is 3. The van der Waals surface area contributed by atoms with Crippen molar-refractivity contribution in [2.24, 2.45) is 5.92 Å². The van der Waals surface area contributed by atoms with Crippen molar-refractivity contribution < 1.29 is 29.0 Å². The van der Waals surface area contributed by atoms with Gasteiger partial charge in [0.15, 0.2) is 0 Å². The third-order valence-corrected chi connectivity index (χ3v) is 8.36. The van der Waals surface area contributed by atoms with Gasteiger partial charge in [-0.25, -0.2) is 9.59 Å². The van der Waals surface area contributed by atoms with Crippen molar-refractivity contribution in [2.75, 3.05) is 14.2 Å². The lowest BCUT2D eigenvalue weighted by Crippen LogP contribution is -2.55. The molecule has 4 rings (SSSR count). The number of hydrogen-bond donors (Lipinski definition) is 4. The van der Waals surface area contributed by atoms with Gasteiger partial charge < -0.3 is 35.4 Å². The summed E-state index contributed by atoms with van der Waals surface area (Å²) in [7, 11) is 3.19. The Balaban J connectivity index is 1.47. The Labute approximate surface area is 299 Å². The largest absolute Gasteiger partial charge is 0.495 e. The number of urea groups is 1. The summed E-state index contributed by atoms with van der Waals surface area (Å²) < 4.78 is 10.7. The number of nitrogens with zero attached hydrogens (tertiary/aromatic N) is 3. The smallest absolute Gasteiger partial charge is 0.407 e. The quantitative estimate of drug-likeness (QED) is 0.124. The van der Waals surface area contributed by atoms with Crippen LogP contribution < -0.4 is 20.7 Å². The predicted molar refractivity (Wildman–Crippen MR) is 194 cm³/mol. The molecular weight excluding hydrogens is 648 g/mol. The van der Waals surface area contributed by atoms with Gasteiger partial charge in [-0.2, -0.15) is 0 Å². The molecule has 0 saturated carbocycles. The summed E-state index contributed by atoms with van der Waals surface area (Å²) in [6.07, 6.45) is 5.59. The highest BCUT2D eigenvalue weighted by atomic mass is 16.5. The number of aromatic nitrogens is 2. The van der Waals surface area contributed by atoms with Gasteiger partial charge >= 0.3 is 12.1 Å². The molecule has 2 heterocycles. The summed E-state index contributed by atoms with van der Waals surface area (Å²) in [5.74, 6) is -0.0492. The molecule has 2 aromatic carbocycles. The molecule has 0 spiro atoms. The van der Waals surface area contributed by atoms with Crippen LogP contribution in [0.15, 0.2) is 104 Å². The van der Waals surface area contributed by atoms with Gasteiger partial charge in [-0.15, -0.1) is 0 Å². The SMILES string of the molecule is COc1cncc(CN(C)C(=O)N[C@H](C(=O)N[C@@H](Cc2ccccc2)C[C@H](O)[C@H](Cc2ccccc2)NC(=O)OCc2cccnc2)C(C)C)c1. The minimum absolute atomic E-state index is 0.0223. The number of amides is 4. The summed E-state index contributed by atoms with van der Waals surface area (Å²) in [6, 6.07) is 21.9. The number of carbonyl (C=O) groups is 3. The summed E-state index contributed by atoms with van der Waals surface area (Å²) >= 11 is 0. The van der Waals surface area contributed by atoms with Gasteiger partial charge in [-0.1, -0.05) is 80.6 Å². The highest BCUT2D eigenvalue weighted by molar-refractivity contribution is 5.87. The number of alkyl carbamates (subject to hydrolysis) is 1. The van der Waals surface area contributed by atoms with E-state index in [1.807, 2.05) is 74.5 Å². The third-order valence-electron chi connectivity index (χ3n) is 8.36. The number of aliphatic hydroxyl groups is 1. The van der Waals surface area contributed by atoms with Crippen LogP contribution in [0.4, 0.5) is 9.59 Å². The number of methoxy groups -OCH3 is 1. The van der Waals surface area contributed by atoms with Gasteiger partial charge in [0.2, 0.25) is 5.91 Å². The fraction of sp³-hybridized carbons (Fsp3) is 0.359. The monoisotopic (exact) mass is 696 g/mol. The molecule has 51 heavy (non-hydrogen) atoms. The van der Waals surface area contributed by atoms with E-state index in [1.54, 1.807) is 57.1 Å². The Morgan fingerprint density at radius 3 is 2.08 bits per heavy atom. The molecule has 0 radical (unpaired) electrons. The Kier molecular flexibility index (Phi) is 14.8. The first-order valence-electron chi connectivity index (χ1n) is 17.0. The van der Waals surface area contributed by atoms with E-state index in [4.69, 9.17) is 9.47 Å². The number of benzene rings is 2. The number of ether oxygens (including phenoxy) is 2. The maximum atomic E-state index is 13.9. The summed E-state index contributed by atoms with van der Waals surface area (Å²) in [4.78, 5) is 49.8. The Hall–Kier alpha value is -5.49. The molecule has 4 aromatic rings. The highest BCUT2D eigenvalue weighted by Gasteiger charge is 2.31. The number of pyridine rings is 2. The van der Waals surface area contributed by atoms with Crippen molar-refractivity contribution >= 4 is 18.0 Å². The van der Waals surface area contributed by atoms with E-state index in [1.165, 1.54) is 4.90 Å². The average molecular weight is 697 g/mol. The van der Waals surface area contributed by atoms with Crippen molar-refractivity contribution in [3.8, 4) is 5.75 Å². The molecule has 12 nitrogen and oxygen atoms in total. The molecule has 0 aliphatic carbocycles. The Morgan fingerprint density at radius 2 is 1.45 bits per heavy atom. The van der Waals surface area contributed by atoms with E-state index in [9.17, 15) is 19.5 Å². The molecule has 0 aliphatic heterocycles. The van der Waals surface area contributed by atoms with E-state index in [-0.39, 0.29) is 31.4 Å². The molecule has 0 bridgehead atoms. The molecule has 4 N–H and O–H groups in total. The standard InChI is InChI=1S/C39H48N6O6/c1-27(2)36(44-38(48)45(3)25-31-19-33(50-4)24-41-23-31)37(47)42-32(18-28-12-7-5-8-13-28)21-35(46)34(20-29-14-9-6-10-15-29)43-39(49)51-26-30-16-11-17-40-22-30/h5-17,19,22-24,27,32,34-36,46H,18,20-21,25-26H2,1-4H3,(H,42,47)(H,43,49)(H,44,48)/t32-,34-,35-,36-/m0/s1. The van der Waals surface area contributed by atoms with Crippen molar-refractivity contribution in [2.45, 2.75) is 70.5 Å². The van der Waals surface area contributed by atoms with Crippen molar-refractivity contribution in [1.29, 1.82) is 0 Å². The summed E-state index contributed by atoms with van der Waals surface area (Å²) in [5.41, 5.74) is 3.37. The van der Waals surface area contributed by atoms with Crippen LogP contribution in [0.1, 0.15) is 42.5 Å². The fourth-order valence-electron chi connectivity index (χ4n) is 5.60. The first-order chi connectivity index (χ1) is 24.6. The maximum Gasteiger partial charge on any atom is 0.407 e. The van der Waals surface area contributed by atoms with E-state index in [0.29, 0.717) is 18.6 Å². The lowest BCUT2D eigenvalue weighted by Gasteiger charge is -2.30. The molecule has 0 aliphatic rings. The van der Waals surface area contributed by atoms with Gasteiger partial charge in [0, 0.05) is 43.8 Å². The lowest BCUT2D eigenvalue weighted by atomic mass is 9.93. The van der Waals surface area contributed by atoms with Crippen molar-refractivity contribution in [3.63, 3.8) is 0 Å². The number of hydrogen-bond acceptors (Lipinski definition) is 8. The number of nitrogens with one attached hydrogen (secondary N) is 3. The van der Waals surface area contributed by atoms with E-state index in [2.05, 4.69) is 25.9 Å². The summed E-state index contributed by atoms with van der Waals surface area (Å²) in [5, 5.41) is 20.5. The minimum atomic E-state index is -1.07. The lowest BCUT2D eigenvalue weighted by molar-refractivity contribution is -0.124. The average Bonchev–Trinajstić information content (AvgIpc) is 3.13. The maximum absolute atomic E-state index is 13.9. The van der Waals surface area contributed by atoms with Crippen LogP contribution in [0, 0.1) is 5.92 Å². The normalized spacial score (nSPS) is 13.3. The molecule has 0 saturated heterocycles. The third kappa shape index (κ3) is 12.7. The van der Waals surface area contributed by atoms with Gasteiger partial charge in [-0.3, -0.25) is 14.8 Å². The van der Waals surface area contributed by atoms with E-state index in [0.717, 1.165) is 22.3 Å². The van der Waals surface area contributed by atoms with Crippen LogP contribution in [0.25, 0.3) is 0 Å². The van der Waals surface area contributed by atoms with Crippen LogP contribution in [-0.4, -0.2) is 76.4 Å². The van der Waals surface area contributed by atoms with Gasteiger partial charge in [0.25, 0.3) is 0 Å².